The van der Waals surface area contributed by atoms with Crippen LogP contribution in [0, 0.1) is 5.82 Å². The second-order valence-electron chi connectivity index (χ2n) is 7.80. The van der Waals surface area contributed by atoms with Gasteiger partial charge in [-0.1, -0.05) is 12.1 Å². The highest BCUT2D eigenvalue weighted by Gasteiger charge is 2.37. The Morgan fingerprint density at radius 3 is 2.81 bits per heavy atom. The van der Waals surface area contributed by atoms with Crippen LogP contribution in [0.5, 0.6) is 0 Å². The number of rotatable bonds is 6. The first-order valence-electron chi connectivity index (χ1n) is 10.3. The van der Waals surface area contributed by atoms with Gasteiger partial charge in [-0.2, -0.15) is 13.2 Å². The van der Waals surface area contributed by atoms with Gasteiger partial charge in [-0.05, 0) is 61.2 Å². The van der Waals surface area contributed by atoms with Gasteiger partial charge in [0.25, 0.3) is 5.91 Å². The van der Waals surface area contributed by atoms with E-state index in [2.05, 4.69) is 15.3 Å². The topological polar surface area (TPSA) is 61.0 Å². The molecule has 3 aromatic rings. The fraction of sp³-hybridized carbons (Fsp3) is 0.304. The molecule has 0 spiro atoms. The van der Waals surface area contributed by atoms with Gasteiger partial charge in [-0.3, -0.25) is 9.78 Å². The molecular weight excluding hydrogens is 424 g/mol. The molecule has 0 saturated heterocycles. The molecule has 4 rings (SSSR count). The minimum atomic E-state index is -4.54. The summed E-state index contributed by atoms with van der Waals surface area (Å²) in [5.74, 6) is -1.08. The number of allylic oxidation sites excluding steroid dienone is 1. The van der Waals surface area contributed by atoms with Gasteiger partial charge in [0.1, 0.15) is 18.1 Å². The van der Waals surface area contributed by atoms with E-state index in [1.165, 1.54) is 18.2 Å². The number of nitrogens with zero attached hydrogens (tertiary/aromatic N) is 2. The average Bonchev–Trinajstić information content (AvgIpc) is 3.20. The Bertz CT molecular complexity index is 1110. The maximum absolute atomic E-state index is 13.4. The molecular formula is C23H22F4N4O. The molecule has 2 heterocycles. The number of aromatic amines is 1. The molecule has 9 heteroatoms. The summed E-state index contributed by atoms with van der Waals surface area (Å²) in [7, 11) is 0. The highest BCUT2D eigenvalue weighted by atomic mass is 19.4. The molecule has 0 unspecified atom stereocenters. The van der Waals surface area contributed by atoms with E-state index in [1.54, 1.807) is 36.5 Å². The minimum Gasteiger partial charge on any atom is -0.384 e. The predicted molar refractivity (Wildman–Crippen MR) is 112 cm³/mol. The van der Waals surface area contributed by atoms with Crippen molar-refractivity contribution in [3.63, 3.8) is 0 Å². The smallest absolute Gasteiger partial charge is 0.384 e. The van der Waals surface area contributed by atoms with Gasteiger partial charge in [-0.15, -0.1) is 0 Å². The van der Waals surface area contributed by atoms with E-state index in [9.17, 15) is 22.4 Å². The summed E-state index contributed by atoms with van der Waals surface area (Å²) < 4.78 is 53.5. The zero-order valence-electron chi connectivity index (χ0n) is 17.1. The minimum absolute atomic E-state index is 0.0659. The largest absolute Gasteiger partial charge is 0.406 e. The lowest BCUT2D eigenvalue weighted by molar-refractivity contribution is -0.143. The first kappa shape index (κ1) is 21.9. The number of carbonyl (C=O) groups is 1. The summed E-state index contributed by atoms with van der Waals surface area (Å²) in [4.78, 5) is 20.9. The van der Waals surface area contributed by atoms with E-state index in [0.29, 0.717) is 36.8 Å². The first-order chi connectivity index (χ1) is 15.3. The third-order valence-corrected chi connectivity index (χ3v) is 5.38. The van der Waals surface area contributed by atoms with Crippen molar-refractivity contribution in [2.75, 3.05) is 6.54 Å². The van der Waals surface area contributed by atoms with Crippen molar-refractivity contribution in [1.82, 2.24) is 20.2 Å². The Kier molecular flexibility index (Phi) is 6.16. The molecule has 1 aliphatic carbocycles. The highest BCUT2D eigenvalue weighted by Crippen LogP contribution is 2.27. The molecule has 2 aromatic heterocycles. The number of hydrogen-bond donors (Lipinski definition) is 2. The molecule has 0 saturated carbocycles. The summed E-state index contributed by atoms with van der Waals surface area (Å²) >= 11 is 0. The zero-order valence-corrected chi connectivity index (χ0v) is 17.1. The van der Waals surface area contributed by atoms with Gasteiger partial charge in [0.2, 0.25) is 0 Å². The lowest BCUT2D eigenvalue weighted by atomic mass is 9.98. The van der Waals surface area contributed by atoms with Crippen LogP contribution in [0.25, 0.3) is 11.0 Å². The summed E-state index contributed by atoms with van der Waals surface area (Å²) in [6.45, 7) is -1.01. The molecule has 0 radical (unpaired) electrons. The Labute approximate surface area is 182 Å². The number of hydrogen-bond acceptors (Lipinski definition) is 3. The number of fused-ring (bicyclic) bond motifs is 1. The lowest BCUT2D eigenvalue weighted by Crippen LogP contribution is -2.46. The van der Waals surface area contributed by atoms with Gasteiger partial charge >= 0.3 is 6.18 Å². The van der Waals surface area contributed by atoms with E-state index in [1.807, 2.05) is 0 Å². The fourth-order valence-corrected chi connectivity index (χ4v) is 3.92. The number of H-pyrrole nitrogens is 1. The van der Waals surface area contributed by atoms with Gasteiger partial charge in [0.15, 0.2) is 0 Å². The van der Waals surface area contributed by atoms with E-state index in [0.717, 1.165) is 16.2 Å². The molecule has 5 nitrogen and oxygen atoms in total. The Hall–Kier alpha value is -3.36. The van der Waals surface area contributed by atoms with Crippen molar-refractivity contribution >= 4 is 16.9 Å². The molecule has 168 valence electrons. The van der Waals surface area contributed by atoms with Crippen LogP contribution in [-0.2, 0) is 6.54 Å². The molecule has 1 amide bonds. The van der Waals surface area contributed by atoms with Crippen LogP contribution in [0.15, 0.2) is 60.4 Å². The summed E-state index contributed by atoms with van der Waals surface area (Å²) in [5.41, 5.74) is 2.63. The van der Waals surface area contributed by atoms with Crippen molar-refractivity contribution in [2.45, 2.75) is 38.0 Å². The monoisotopic (exact) mass is 446 g/mol. The second kappa shape index (κ2) is 9.02. The van der Waals surface area contributed by atoms with Crippen LogP contribution in [-0.4, -0.2) is 39.5 Å². The molecule has 0 aliphatic heterocycles. The van der Waals surface area contributed by atoms with Crippen molar-refractivity contribution < 1.29 is 22.4 Å². The third kappa shape index (κ3) is 5.27. The number of halogens is 4. The van der Waals surface area contributed by atoms with Crippen molar-refractivity contribution in [1.29, 1.82) is 0 Å². The number of nitrogens with one attached hydrogen (secondary N) is 2. The summed E-state index contributed by atoms with van der Waals surface area (Å²) in [6.07, 6.45) is 0.385. The Morgan fingerprint density at radius 2 is 2.06 bits per heavy atom. The number of benzene rings is 1. The van der Waals surface area contributed by atoms with Gasteiger partial charge in [0.05, 0.1) is 17.1 Å². The van der Waals surface area contributed by atoms with E-state index < -0.39 is 24.7 Å². The average molecular weight is 446 g/mol. The maximum Gasteiger partial charge on any atom is 0.406 e. The number of pyridine rings is 1. The third-order valence-electron chi connectivity index (χ3n) is 5.38. The van der Waals surface area contributed by atoms with Crippen LogP contribution in [0.2, 0.25) is 0 Å². The molecule has 0 bridgehead atoms. The van der Waals surface area contributed by atoms with E-state index >= 15 is 0 Å². The molecule has 1 aliphatic rings. The van der Waals surface area contributed by atoms with Crippen LogP contribution in [0.4, 0.5) is 17.6 Å². The Morgan fingerprint density at radius 1 is 1.22 bits per heavy atom. The standard InChI is InChI=1S/C23H22F4N4O/c24-16-5-1-4-15(10-16)13-29-17-6-2-7-18(11-17)31(14-23(25,26)27)22(32)21-12-20-19(30-21)8-3-9-28-20/h1,3-5,8-12,18,29-30H,2,6-7,13-14H2/t18-/m0/s1. The summed E-state index contributed by atoms with van der Waals surface area (Å²) in [6, 6.07) is 10.3. The highest BCUT2D eigenvalue weighted by molar-refractivity contribution is 5.97. The number of aromatic nitrogens is 2. The normalized spacial score (nSPS) is 16.6. The second-order valence-corrected chi connectivity index (χ2v) is 7.80. The Balaban J connectivity index is 1.56. The van der Waals surface area contributed by atoms with E-state index in [-0.39, 0.29) is 11.5 Å². The van der Waals surface area contributed by atoms with Gasteiger partial charge in [0, 0.05) is 18.4 Å². The van der Waals surface area contributed by atoms with Gasteiger partial charge < -0.3 is 15.2 Å². The molecule has 2 N–H and O–H groups in total. The zero-order chi connectivity index (χ0) is 22.7. The van der Waals surface area contributed by atoms with Crippen molar-refractivity contribution in [3.05, 3.63) is 77.5 Å². The molecule has 32 heavy (non-hydrogen) atoms. The number of carbonyl (C=O) groups excluding carboxylic acids is 1. The molecule has 1 aromatic carbocycles. The molecule has 1 atom stereocenters. The van der Waals surface area contributed by atoms with Crippen molar-refractivity contribution in [2.24, 2.45) is 0 Å². The first-order valence-corrected chi connectivity index (χ1v) is 10.3. The number of alkyl halides is 3. The quantitative estimate of drug-likeness (QED) is 0.528. The van der Waals surface area contributed by atoms with Crippen LogP contribution in [0.1, 0.15) is 35.3 Å². The van der Waals surface area contributed by atoms with Gasteiger partial charge in [-0.25, -0.2) is 4.39 Å². The SMILES string of the molecule is O=C(c1cc2ncccc2[nH]1)N(CC(F)(F)F)[C@@H]1C=C(NCc2cccc(F)c2)CCC1. The van der Waals surface area contributed by atoms with Crippen LogP contribution >= 0.6 is 0 Å². The predicted octanol–water partition coefficient (Wildman–Crippen LogP) is 4.93. The number of amides is 1. The van der Waals surface area contributed by atoms with Crippen LogP contribution < -0.4 is 5.32 Å². The van der Waals surface area contributed by atoms with E-state index in [4.69, 9.17) is 0 Å². The lowest BCUT2D eigenvalue weighted by Gasteiger charge is -2.33. The van der Waals surface area contributed by atoms with Crippen LogP contribution in [0.3, 0.4) is 0 Å². The van der Waals surface area contributed by atoms with Crippen molar-refractivity contribution in [3.8, 4) is 0 Å². The fourth-order valence-electron chi connectivity index (χ4n) is 3.92. The summed E-state index contributed by atoms with van der Waals surface area (Å²) in [5, 5.41) is 3.17. The maximum atomic E-state index is 13.4. The molecule has 0 fully saturated rings.